The Morgan fingerprint density at radius 3 is 2.59 bits per heavy atom. The highest BCUT2D eigenvalue weighted by Crippen LogP contribution is 2.33. The standard InChI is InChI=1S/C14H17NOS/c1-10-8-9-17-14(10)13(15-2)11-6-4-5-7-12(11)16-3/h4-9,13,15H,1-3H3. The summed E-state index contributed by atoms with van der Waals surface area (Å²) >= 11 is 1.78. The van der Waals surface area contributed by atoms with E-state index in [0.29, 0.717) is 0 Å². The van der Waals surface area contributed by atoms with E-state index in [-0.39, 0.29) is 6.04 Å². The molecule has 0 aliphatic heterocycles. The van der Waals surface area contributed by atoms with Gasteiger partial charge in [0.05, 0.1) is 13.2 Å². The number of hydrogen-bond acceptors (Lipinski definition) is 3. The van der Waals surface area contributed by atoms with Crippen LogP contribution >= 0.6 is 11.3 Å². The second-order valence-electron chi connectivity index (χ2n) is 3.93. The predicted molar refractivity (Wildman–Crippen MR) is 73.0 cm³/mol. The first-order valence-electron chi connectivity index (χ1n) is 5.62. The number of para-hydroxylation sites is 1. The molecule has 1 aromatic heterocycles. The Morgan fingerprint density at radius 2 is 2.00 bits per heavy atom. The predicted octanol–water partition coefficient (Wildman–Crippen LogP) is 3.37. The molecule has 1 heterocycles. The lowest BCUT2D eigenvalue weighted by Gasteiger charge is -2.19. The van der Waals surface area contributed by atoms with Crippen LogP contribution in [0.5, 0.6) is 5.75 Å². The van der Waals surface area contributed by atoms with Gasteiger partial charge in [0.15, 0.2) is 0 Å². The van der Waals surface area contributed by atoms with E-state index in [1.165, 1.54) is 16.0 Å². The normalized spacial score (nSPS) is 12.4. The average Bonchev–Trinajstić information content (AvgIpc) is 2.78. The molecule has 0 saturated heterocycles. The summed E-state index contributed by atoms with van der Waals surface area (Å²) in [4.78, 5) is 1.34. The van der Waals surface area contributed by atoms with Gasteiger partial charge in [-0.15, -0.1) is 11.3 Å². The van der Waals surface area contributed by atoms with Gasteiger partial charge >= 0.3 is 0 Å². The second kappa shape index (κ2) is 5.34. The van der Waals surface area contributed by atoms with Gasteiger partial charge < -0.3 is 10.1 Å². The summed E-state index contributed by atoms with van der Waals surface area (Å²) in [7, 11) is 3.70. The maximum Gasteiger partial charge on any atom is 0.124 e. The number of rotatable bonds is 4. The fraction of sp³-hybridized carbons (Fsp3) is 0.286. The lowest BCUT2D eigenvalue weighted by molar-refractivity contribution is 0.405. The van der Waals surface area contributed by atoms with Crippen LogP contribution in [0, 0.1) is 6.92 Å². The number of thiophene rings is 1. The minimum absolute atomic E-state index is 0.200. The first kappa shape index (κ1) is 12.1. The molecule has 0 spiro atoms. The van der Waals surface area contributed by atoms with Crippen LogP contribution in [0.15, 0.2) is 35.7 Å². The molecule has 3 heteroatoms. The van der Waals surface area contributed by atoms with Gasteiger partial charge in [0.1, 0.15) is 5.75 Å². The molecule has 0 saturated carbocycles. The van der Waals surface area contributed by atoms with E-state index in [2.05, 4.69) is 29.8 Å². The topological polar surface area (TPSA) is 21.3 Å². The summed E-state index contributed by atoms with van der Waals surface area (Å²) in [5, 5.41) is 5.50. The largest absolute Gasteiger partial charge is 0.496 e. The molecule has 1 atom stereocenters. The zero-order valence-corrected chi connectivity index (χ0v) is 11.2. The molecule has 0 bridgehead atoms. The number of nitrogens with one attached hydrogen (secondary N) is 1. The molecule has 2 nitrogen and oxygen atoms in total. The van der Waals surface area contributed by atoms with E-state index in [0.717, 1.165) is 5.75 Å². The van der Waals surface area contributed by atoms with Crippen molar-refractivity contribution in [3.8, 4) is 5.75 Å². The van der Waals surface area contributed by atoms with Gasteiger partial charge in [0.25, 0.3) is 0 Å². The van der Waals surface area contributed by atoms with Crippen LogP contribution in [-0.2, 0) is 0 Å². The summed E-state index contributed by atoms with van der Waals surface area (Å²) < 4.78 is 5.43. The number of ether oxygens (including phenoxy) is 1. The zero-order chi connectivity index (χ0) is 12.3. The van der Waals surface area contributed by atoms with E-state index in [9.17, 15) is 0 Å². The third kappa shape index (κ3) is 2.35. The second-order valence-corrected chi connectivity index (χ2v) is 4.88. The molecule has 0 amide bonds. The van der Waals surface area contributed by atoms with Crippen LogP contribution in [0.3, 0.4) is 0 Å². The highest BCUT2D eigenvalue weighted by atomic mass is 32.1. The molecule has 1 unspecified atom stereocenters. The molecular weight excluding hydrogens is 230 g/mol. The van der Waals surface area contributed by atoms with Crippen molar-refractivity contribution in [3.63, 3.8) is 0 Å². The van der Waals surface area contributed by atoms with Crippen molar-refractivity contribution in [3.05, 3.63) is 51.7 Å². The lowest BCUT2D eigenvalue weighted by Crippen LogP contribution is -2.18. The maximum absolute atomic E-state index is 5.43. The highest BCUT2D eigenvalue weighted by Gasteiger charge is 2.18. The Morgan fingerprint density at radius 1 is 1.24 bits per heavy atom. The van der Waals surface area contributed by atoms with E-state index in [1.807, 2.05) is 25.2 Å². The number of benzene rings is 1. The average molecular weight is 247 g/mol. The summed E-state index contributed by atoms with van der Waals surface area (Å²) in [6.07, 6.45) is 0. The molecule has 1 aromatic carbocycles. The van der Waals surface area contributed by atoms with Crippen molar-refractivity contribution >= 4 is 11.3 Å². The molecular formula is C14H17NOS. The molecule has 2 aromatic rings. The summed E-state index contributed by atoms with van der Waals surface area (Å²) in [5.74, 6) is 0.930. The van der Waals surface area contributed by atoms with Gasteiger partial charge in [-0.05, 0) is 37.0 Å². The molecule has 17 heavy (non-hydrogen) atoms. The molecule has 0 radical (unpaired) electrons. The maximum atomic E-state index is 5.43. The number of hydrogen-bond donors (Lipinski definition) is 1. The minimum atomic E-state index is 0.200. The van der Waals surface area contributed by atoms with Crippen LogP contribution in [0.25, 0.3) is 0 Å². The van der Waals surface area contributed by atoms with Gasteiger partial charge in [-0.1, -0.05) is 18.2 Å². The Labute approximate surface area is 106 Å². The highest BCUT2D eigenvalue weighted by molar-refractivity contribution is 7.10. The number of methoxy groups -OCH3 is 1. The molecule has 2 rings (SSSR count). The van der Waals surface area contributed by atoms with Crippen molar-refractivity contribution in [2.24, 2.45) is 0 Å². The van der Waals surface area contributed by atoms with Crippen LogP contribution in [0.1, 0.15) is 22.0 Å². The van der Waals surface area contributed by atoms with E-state index in [1.54, 1.807) is 18.4 Å². The van der Waals surface area contributed by atoms with Gasteiger partial charge in [-0.3, -0.25) is 0 Å². The fourth-order valence-electron chi connectivity index (χ4n) is 2.01. The van der Waals surface area contributed by atoms with Crippen LogP contribution in [-0.4, -0.2) is 14.2 Å². The minimum Gasteiger partial charge on any atom is -0.496 e. The van der Waals surface area contributed by atoms with Gasteiger partial charge in [-0.25, -0.2) is 0 Å². The zero-order valence-electron chi connectivity index (χ0n) is 10.4. The van der Waals surface area contributed by atoms with Crippen LogP contribution in [0.4, 0.5) is 0 Å². The quantitative estimate of drug-likeness (QED) is 0.894. The number of aryl methyl sites for hydroxylation is 1. The Hall–Kier alpha value is -1.32. The third-order valence-electron chi connectivity index (χ3n) is 2.90. The van der Waals surface area contributed by atoms with Crippen molar-refractivity contribution in [1.82, 2.24) is 5.32 Å². The summed E-state index contributed by atoms with van der Waals surface area (Å²) in [6, 6.07) is 10.5. The lowest BCUT2D eigenvalue weighted by atomic mass is 10.0. The Kier molecular flexibility index (Phi) is 3.82. The van der Waals surface area contributed by atoms with Crippen LogP contribution in [0.2, 0.25) is 0 Å². The van der Waals surface area contributed by atoms with Crippen molar-refractivity contribution in [1.29, 1.82) is 0 Å². The molecule has 0 aliphatic carbocycles. The molecule has 0 aliphatic rings. The Bertz CT molecular complexity index is 492. The van der Waals surface area contributed by atoms with E-state index in [4.69, 9.17) is 4.74 Å². The SMILES string of the molecule is CNC(c1ccccc1OC)c1sccc1C. The smallest absolute Gasteiger partial charge is 0.124 e. The summed E-state index contributed by atoms with van der Waals surface area (Å²) in [5.41, 5.74) is 2.50. The van der Waals surface area contributed by atoms with Crippen molar-refractivity contribution in [2.45, 2.75) is 13.0 Å². The first-order chi connectivity index (χ1) is 8.27. The molecule has 1 N–H and O–H groups in total. The van der Waals surface area contributed by atoms with Crippen molar-refractivity contribution in [2.75, 3.05) is 14.2 Å². The molecule has 0 fully saturated rings. The summed E-state index contributed by atoms with van der Waals surface area (Å²) in [6.45, 7) is 2.14. The molecule has 90 valence electrons. The van der Waals surface area contributed by atoms with Gasteiger partial charge in [0, 0.05) is 10.4 Å². The Balaban J connectivity index is 2.46. The van der Waals surface area contributed by atoms with Crippen LogP contribution < -0.4 is 10.1 Å². The van der Waals surface area contributed by atoms with Gasteiger partial charge in [0.2, 0.25) is 0 Å². The van der Waals surface area contributed by atoms with E-state index >= 15 is 0 Å². The fourth-order valence-corrected chi connectivity index (χ4v) is 3.07. The first-order valence-corrected chi connectivity index (χ1v) is 6.50. The monoisotopic (exact) mass is 247 g/mol. The third-order valence-corrected chi connectivity index (χ3v) is 3.99. The van der Waals surface area contributed by atoms with Crippen molar-refractivity contribution < 1.29 is 4.74 Å². The van der Waals surface area contributed by atoms with E-state index < -0.39 is 0 Å². The van der Waals surface area contributed by atoms with Gasteiger partial charge in [-0.2, -0.15) is 0 Å².